The van der Waals surface area contributed by atoms with E-state index in [9.17, 15) is 8.42 Å². The first-order valence-electron chi connectivity index (χ1n) is 10.7. The fourth-order valence-corrected chi connectivity index (χ4v) is 5.34. The van der Waals surface area contributed by atoms with Gasteiger partial charge in [-0.2, -0.15) is 9.40 Å². The Hall–Kier alpha value is -2.61. The number of nitrogens with zero attached hydrogens (tertiary/aromatic N) is 4. The molecule has 9 nitrogen and oxygen atoms in total. The Bertz CT molecular complexity index is 1530. The van der Waals surface area contributed by atoms with E-state index in [0.717, 1.165) is 25.7 Å². The Kier molecular flexibility index (Phi) is 7.93. The van der Waals surface area contributed by atoms with E-state index < -0.39 is 10.0 Å². The van der Waals surface area contributed by atoms with Crippen LogP contribution in [0.1, 0.15) is 11.1 Å². The molecule has 0 radical (unpaired) electrons. The van der Waals surface area contributed by atoms with Gasteiger partial charge in [0.1, 0.15) is 31.8 Å². The van der Waals surface area contributed by atoms with Crippen molar-refractivity contribution in [2.24, 2.45) is 0 Å². The summed E-state index contributed by atoms with van der Waals surface area (Å²) in [6, 6.07) is 12.5. The number of sulfonamides is 1. The average Bonchev–Trinajstić information content (AvgIpc) is 3.18. The Labute approximate surface area is 228 Å². The second-order valence-corrected chi connectivity index (χ2v) is 11.3. The normalized spacial score (nSPS) is 11.8. The van der Waals surface area contributed by atoms with E-state index >= 15 is 0 Å². The monoisotopic (exact) mass is 642 g/mol. The largest absolute Gasteiger partial charge is 0.497 e. The van der Waals surface area contributed by atoms with Gasteiger partial charge >= 0.3 is 0 Å². The summed E-state index contributed by atoms with van der Waals surface area (Å²) >= 11 is 8.27. The number of pyridine rings is 1. The Morgan fingerprint density at radius 1 is 1.00 bits per heavy atom. The van der Waals surface area contributed by atoms with Crippen molar-refractivity contribution in [2.45, 2.75) is 13.1 Å². The molecular formula is C24H24ClIN4O5S. The number of methoxy groups -OCH3 is 3. The number of rotatable bonds is 9. The maximum atomic E-state index is 12.7. The molecule has 2 aromatic carbocycles. The van der Waals surface area contributed by atoms with E-state index in [1.165, 1.54) is 17.7 Å². The van der Waals surface area contributed by atoms with E-state index in [4.69, 9.17) is 25.8 Å². The molecule has 0 amide bonds. The topological polar surface area (TPSA) is 95.8 Å². The van der Waals surface area contributed by atoms with Crippen LogP contribution >= 0.6 is 34.2 Å². The zero-order valence-corrected chi connectivity index (χ0v) is 23.8. The molecule has 0 spiro atoms. The molecule has 0 aliphatic heterocycles. The molecular weight excluding hydrogens is 619 g/mol. The van der Waals surface area contributed by atoms with Gasteiger partial charge in [0.2, 0.25) is 10.0 Å². The minimum absolute atomic E-state index is 0.129. The van der Waals surface area contributed by atoms with Gasteiger partial charge in [0, 0.05) is 37.0 Å². The lowest BCUT2D eigenvalue weighted by Crippen LogP contribution is -2.29. The maximum absolute atomic E-state index is 12.7. The second kappa shape index (κ2) is 10.8. The summed E-state index contributed by atoms with van der Waals surface area (Å²) in [5, 5.41) is 5.84. The third kappa shape index (κ3) is 5.53. The van der Waals surface area contributed by atoms with Crippen LogP contribution in [-0.4, -0.2) is 55.1 Å². The molecule has 0 N–H and O–H groups in total. The zero-order chi connectivity index (χ0) is 26.0. The smallest absolute Gasteiger partial charge is 0.211 e. The molecule has 0 unspecified atom stereocenters. The molecule has 0 bridgehead atoms. The molecule has 0 saturated carbocycles. The van der Waals surface area contributed by atoms with E-state index in [2.05, 4.69) is 32.7 Å². The van der Waals surface area contributed by atoms with Gasteiger partial charge in [0.15, 0.2) is 0 Å². The van der Waals surface area contributed by atoms with Crippen molar-refractivity contribution >= 4 is 55.1 Å². The number of hydrogen-bond acceptors (Lipinski definition) is 7. The van der Waals surface area contributed by atoms with Crippen molar-refractivity contribution in [3.63, 3.8) is 0 Å². The van der Waals surface area contributed by atoms with E-state index in [0.29, 0.717) is 28.1 Å². The fraction of sp³-hybridized carbons (Fsp3) is 0.250. The van der Waals surface area contributed by atoms with Crippen LogP contribution in [0.25, 0.3) is 16.6 Å². The molecule has 0 aliphatic rings. The summed E-state index contributed by atoms with van der Waals surface area (Å²) in [4.78, 5) is 4.14. The molecule has 36 heavy (non-hydrogen) atoms. The zero-order valence-electron chi connectivity index (χ0n) is 20.0. The first-order chi connectivity index (χ1) is 17.1. The van der Waals surface area contributed by atoms with Gasteiger partial charge < -0.3 is 14.2 Å². The highest BCUT2D eigenvalue weighted by Crippen LogP contribution is 2.32. The molecule has 0 aliphatic carbocycles. The number of hydrogen-bond donors (Lipinski definition) is 0. The minimum atomic E-state index is -3.55. The van der Waals surface area contributed by atoms with Gasteiger partial charge in [-0.15, -0.1) is 0 Å². The predicted molar refractivity (Wildman–Crippen MR) is 147 cm³/mol. The molecule has 4 aromatic rings. The third-order valence-electron chi connectivity index (χ3n) is 5.63. The van der Waals surface area contributed by atoms with Crippen LogP contribution in [0, 0.1) is 3.70 Å². The van der Waals surface area contributed by atoms with Crippen LogP contribution in [0.2, 0.25) is 5.15 Å². The third-order valence-corrected chi connectivity index (χ3v) is 7.83. The number of fused-ring (bicyclic) bond motifs is 1. The molecule has 12 heteroatoms. The van der Waals surface area contributed by atoms with Crippen LogP contribution in [0.3, 0.4) is 0 Å². The standard InChI is InChI=1S/C24H24ClIN4O5S/c1-33-17-7-6-16(21(10-17)34-2)14-29(36(4,31)32)13-15-5-8-19(22(9-15)35-3)30-20-11-23(25)27-12-18(20)24(26)28-30/h5-12H,13-14H2,1-4H3. The number of ether oxygens (including phenoxy) is 3. The summed E-state index contributed by atoms with van der Waals surface area (Å²) in [6.07, 6.45) is 2.87. The SMILES string of the molecule is COc1ccc(CN(Cc2ccc(-n3nc(I)c4cnc(Cl)cc43)c(OC)c2)S(C)(=O)=O)c(OC)c1. The lowest BCUT2D eigenvalue weighted by atomic mass is 10.1. The predicted octanol–water partition coefficient (Wildman–Crippen LogP) is 4.67. The van der Waals surface area contributed by atoms with Gasteiger partial charge in [-0.25, -0.2) is 18.1 Å². The van der Waals surface area contributed by atoms with Crippen molar-refractivity contribution < 1.29 is 22.6 Å². The van der Waals surface area contributed by atoms with Crippen molar-refractivity contribution in [1.29, 1.82) is 0 Å². The molecule has 0 saturated heterocycles. The molecule has 0 fully saturated rings. The first-order valence-corrected chi connectivity index (χ1v) is 14.0. The van der Waals surface area contributed by atoms with Crippen LogP contribution < -0.4 is 14.2 Å². The number of benzene rings is 2. The van der Waals surface area contributed by atoms with Gasteiger partial charge in [0.05, 0.1) is 38.5 Å². The minimum Gasteiger partial charge on any atom is -0.497 e. The summed E-state index contributed by atoms with van der Waals surface area (Å²) in [6.45, 7) is 0.265. The Morgan fingerprint density at radius 2 is 1.75 bits per heavy atom. The van der Waals surface area contributed by atoms with Crippen molar-refractivity contribution in [3.05, 3.63) is 68.6 Å². The highest BCUT2D eigenvalue weighted by atomic mass is 127. The fourth-order valence-electron chi connectivity index (χ4n) is 3.80. The average molecular weight is 643 g/mol. The van der Waals surface area contributed by atoms with Gasteiger partial charge in [0.25, 0.3) is 0 Å². The van der Waals surface area contributed by atoms with Gasteiger partial charge in [-0.3, -0.25) is 0 Å². The summed E-state index contributed by atoms with van der Waals surface area (Å²) in [5.41, 5.74) is 2.95. The maximum Gasteiger partial charge on any atom is 0.211 e. The van der Waals surface area contributed by atoms with Crippen molar-refractivity contribution in [2.75, 3.05) is 27.6 Å². The molecule has 2 heterocycles. The van der Waals surface area contributed by atoms with Gasteiger partial charge in [-0.05, 0) is 46.4 Å². The van der Waals surface area contributed by atoms with Crippen LogP contribution in [0.5, 0.6) is 17.2 Å². The summed E-state index contributed by atoms with van der Waals surface area (Å²) in [7, 11) is 1.11. The highest BCUT2D eigenvalue weighted by Gasteiger charge is 2.21. The van der Waals surface area contributed by atoms with Crippen LogP contribution in [0.4, 0.5) is 0 Å². The Morgan fingerprint density at radius 3 is 2.42 bits per heavy atom. The molecule has 4 rings (SSSR count). The lowest BCUT2D eigenvalue weighted by Gasteiger charge is -2.22. The Balaban J connectivity index is 1.69. The van der Waals surface area contributed by atoms with Crippen LogP contribution in [0.15, 0.2) is 48.7 Å². The molecule has 190 valence electrons. The molecule has 2 aromatic heterocycles. The highest BCUT2D eigenvalue weighted by molar-refractivity contribution is 14.1. The van der Waals surface area contributed by atoms with Gasteiger partial charge in [-0.1, -0.05) is 23.7 Å². The summed E-state index contributed by atoms with van der Waals surface area (Å²) in [5.74, 6) is 1.71. The number of halogens is 2. The first kappa shape index (κ1) is 26.5. The summed E-state index contributed by atoms with van der Waals surface area (Å²) < 4.78 is 45.6. The lowest BCUT2D eigenvalue weighted by molar-refractivity contribution is 0.370. The quantitative estimate of drug-likeness (QED) is 0.194. The van der Waals surface area contributed by atoms with E-state index in [-0.39, 0.29) is 13.1 Å². The van der Waals surface area contributed by atoms with Crippen molar-refractivity contribution in [3.8, 4) is 22.9 Å². The number of aromatic nitrogens is 3. The van der Waals surface area contributed by atoms with E-state index in [1.54, 1.807) is 49.4 Å². The van der Waals surface area contributed by atoms with E-state index in [1.807, 2.05) is 18.2 Å². The molecule has 0 atom stereocenters. The van der Waals surface area contributed by atoms with Crippen LogP contribution in [-0.2, 0) is 23.1 Å². The van der Waals surface area contributed by atoms with Crippen molar-refractivity contribution in [1.82, 2.24) is 19.1 Å². The second-order valence-electron chi connectivity index (χ2n) is 7.94.